The third-order valence-electron chi connectivity index (χ3n) is 6.21. The van der Waals surface area contributed by atoms with Gasteiger partial charge in [-0.15, -0.1) is 11.3 Å². The monoisotopic (exact) mass is 317 g/mol. The molecule has 3 atom stereocenters. The Bertz CT molecular complexity index is 564. The smallest absolute Gasteiger partial charge is 0.254 e. The second-order valence-electron chi connectivity index (χ2n) is 7.74. The van der Waals surface area contributed by atoms with E-state index in [1.807, 2.05) is 11.3 Å². The first-order chi connectivity index (χ1) is 10.7. The quantitative estimate of drug-likeness (QED) is 0.745. The summed E-state index contributed by atoms with van der Waals surface area (Å²) in [5, 5.41) is 2.15. The van der Waals surface area contributed by atoms with Gasteiger partial charge in [0.05, 0.1) is 5.56 Å². The minimum atomic E-state index is 0.330. The van der Waals surface area contributed by atoms with Crippen molar-refractivity contribution in [2.24, 2.45) is 17.8 Å². The number of hydrogen-bond donors (Lipinski definition) is 0. The van der Waals surface area contributed by atoms with Crippen LogP contribution in [0.25, 0.3) is 0 Å². The summed E-state index contributed by atoms with van der Waals surface area (Å²) >= 11 is 1.82. The molecule has 0 unspecified atom stereocenters. The molecule has 2 aliphatic carbocycles. The Labute approximate surface area is 137 Å². The van der Waals surface area contributed by atoms with Crippen LogP contribution in [-0.4, -0.2) is 23.9 Å². The maximum Gasteiger partial charge on any atom is 0.254 e. The van der Waals surface area contributed by atoms with Crippen LogP contribution in [0.5, 0.6) is 0 Å². The fourth-order valence-electron chi connectivity index (χ4n) is 4.81. The number of fused-ring (bicyclic) bond motifs is 2. The molecule has 22 heavy (non-hydrogen) atoms. The highest BCUT2D eigenvalue weighted by atomic mass is 32.1. The Morgan fingerprint density at radius 2 is 2.00 bits per heavy atom. The Hall–Kier alpha value is -0.830. The number of piperidine rings is 1. The molecule has 3 aliphatic rings. The van der Waals surface area contributed by atoms with Gasteiger partial charge < -0.3 is 4.90 Å². The SMILES string of the molecule is C[C@@H]1CCc2c(C(=O)N3CC[C@@H]4CCCC[C@H]4C3)csc2C1. The van der Waals surface area contributed by atoms with Crippen LogP contribution in [0.15, 0.2) is 5.38 Å². The highest BCUT2D eigenvalue weighted by molar-refractivity contribution is 7.10. The summed E-state index contributed by atoms with van der Waals surface area (Å²) in [6.07, 6.45) is 10.3. The number of hydrogen-bond acceptors (Lipinski definition) is 2. The van der Waals surface area contributed by atoms with Crippen LogP contribution in [0.1, 0.15) is 66.2 Å². The summed E-state index contributed by atoms with van der Waals surface area (Å²) in [4.78, 5) is 16.7. The van der Waals surface area contributed by atoms with Crippen molar-refractivity contribution in [2.75, 3.05) is 13.1 Å². The van der Waals surface area contributed by atoms with Gasteiger partial charge in [0.25, 0.3) is 5.91 Å². The number of likely N-dealkylation sites (tertiary alicyclic amines) is 1. The maximum atomic E-state index is 13.0. The molecule has 1 saturated heterocycles. The molecule has 2 heterocycles. The van der Waals surface area contributed by atoms with Crippen LogP contribution in [0.2, 0.25) is 0 Å². The topological polar surface area (TPSA) is 20.3 Å². The first-order valence-corrected chi connectivity index (χ1v) is 9.99. The van der Waals surface area contributed by atoms with Crippen molar-refractivity contribution in [3.8, 4) is 0 Å². The zero-order valence-electron chi connectivity index (χ0n) is 13.6. The zero-order valence-corrected chi connectivity index (χ0v) is 14.5. The van der Waals surface area contributed by atoms with Crippen LogP contribution in [-0.2, 0) is 12.8 Å². The van der Waals surface area contributed by atoms with E-state index in [1.165, 1.54) is 55.4 Å². The van der Waals surface area contributed by atoms with E-state index in [9.17, 15) is 4.79 Å². The van der Waals surface area contributed by atoms with E-state index in [0.29, 0.717) is 5.91 Å². The minimum Gasteiger partial charge on any atom is -0.338 e. The number of rotatable bonds is 1. The van der Waals surface area contributed by atoms with Crippen molar-refractivity contribution in [3.05, 3.63) is 21.4 Å². The predicted octanol–water partition coefficient (Wildman–Crippen LogP) is 4.53. The standard InChI is InChI=1S/C19H27NOS/c1-13-6-7-16-17(12-22-18(16)10-13)19(21)20-9-8-14-4-2-3-5-15(14)11-20/h12-15H,2-11H2,1H3/t13-,14+,15+/m1/s1. The average molecular weight is 317 g/mol. The van der Waals surface area contributed by atoms with Crippen molar-refractivity contribution in [2.45, 2.75) is 58.3 Å². The lowest BCUT2D eigenvalue weighted by molar-refractivity contribution is 0.0520. The Morgan fingerprint density at radius 1 is 1.18 bits per heavy atom. The van der Waals surface area contributed by atoms with Crippen LogP contribution in [0.4, 0.5) is 0 Å². The fraction of sp³-hybridized carbons (Fsp3) is 0.737. The molecule has 0 bridgehead atoms. The zero-order chi connectivity index (χ0) is 15.1. The molecular weight excluding hydrogens is 290 g/mol. The Morgan fingerprint density at radius 3 is 2.86 bits per heavy atom. The third kappa shape index (κ3) is 2.62. The molecule has 0 radical (unpaired) electrons. The molecule has 1 saturated carbocycles. The van der Waals surface area contributed by atoms with Crippen LogP contribution < -0.4 is 0 Å². The number of carbonyl (C=O) groups excluding carboxylic acids is 1. The molecule has 2 nitrogen and oxygen atoms in total. The summed E-state index contributed by atoms with van der Waals surface area (Å²) in [5.74, 6) is 2.79. The van der Waals surface area contributed by atoms with Gasteiger partial charge >= 0.3 is 0 Å². The summed E-state index contributed by atoms with van der Waals surface area (Å²) < 4.78 is 0. The molecular formula is C19H27NOS. The maximum absolute atomic E-state index is 13.0. The summed E-state index contributed by atoms with van der Waals surface area (Å²) in [6, 6.07) is 0. The van der Waals surface area contributed by atoms with Crippen molar-refractivity contribution >= 4 is 17.2 Å². The van der Waals surface area contributed by atoms with Gasteiger partial charge in [-0.25, -0.2) is 0 Å². The molecule has 0 spiro atoms. The van der Waals surface area contributed by atoms with Crippen LogP contribution >= 0.6 is 11.3 Å². The van der Waals surface area contributed by atoms with E-state index >= 15 is 0 Å². The lowest BCUT2D eigenvalue weighted by atomic mass is 9.75. The van der Waals surface area contributed by atoms with Crippen molar-refractivity contribution < 1.29 is 4.79 Å². The third-order valence-corrected chi connectivity index (χ3v) is 7.26. The molecule has 1 aromatic heterocycles. The number of nitrogens with zero attached hydrogens (tertiary/aromatic N) is 1. The Kier molecular flexibility index (Phi) is 4.02. The van der Waals surface area contributed by atoms with Gasteiger partial charge in [-0.2, -0.15) is 0 Å². The molecule has 4 rings (SSSR count). The summed E-state index contributed by atoms with van der Waals surface area (Å²) in [7, 11) is 0. The first-order valence-electron chi connectivity index (χ1n) is 9.11. The minimum absolute atomic E-state index is 0.330. The van der Waals surface area contributed by atoms with Crippen molar-refractivity contribution in [1.29, 1.82) is 0 Å². The number of thiophene rings is 1. The average Bonchev–Trinajstić information content (AvgIpc) is 2.96. The molecule has 1 aromatic rings. The molecule has 3 heteroatoms. The Balaban J connectivity index is 1.50. The molecule has 1 amide bonds. The normalized spacial score (nSPS) is 31.5. The summed E-state index contributed by atoms with van der Waals surface area (Å²) in [6.45, 7) is 4.34. The van der Waals surface area contributed by atoms with Crippen LogP contribution in [0.3, 0.4) is 0 Å². The summed E-state index contributed by atoms with van der Waals surface area (Å²) in [5.41, 5.74) is 2.43. The van der Waals surface area contributed by atoms with Crippen LogP contribution in [0, 0.1) is 17.8 Å². The van der Waals surface area contributed by atoms with Crippen molar-refractivity contribution in [3.63, 3.8) is 0 Å². The molecule has 120 valence electrons. The molecule has 0 aromatic carbocycles. The van der Waals surface area contributed by atoms with E-state index in [2.05, 4.69) is 17.2 Å². The second-order valence-corrected chi connectivity index (χ2v) is 8.71. The predicted molar refractivity (Wildman–Crippen MR) is 91.5 cm³/mol. The molecule has 0 N–H and O–H groups in total. The van der Waals surface area contributed by atoms with Gasteiger partial charge in [-0.3, -0.25) is 4.79 Å². The van der Waals surface area contributed by atoms with E-state index in [0.717, 1.165) is 42.8 Å². The van der Waals surface area contributed by atoms with Gasteiger partial charge in [-0.05, 0) is 55.4 Å². The van der Waals surface area contributed by atoms with Crippen molar-refractivity contribution in [1.82, 2.24) is 4.90 Å². The van der Waals surface area contributed by atoms with E-state index in [4.69, 9.17) is 0 Å². The van der Waals surface area contributed by atoms with Gasteiger partial charge in [0.2, 0.25) is 0 Å². The number of amides is 1. The number of carbonyl (C=O) groups is 1. The van der Waals surface area contributed by atoms with Gasteiger partial charge in [0, 0.05) is 23.3 Å². The van der Waals surface area contributed by atoms with Gasteiger partial charge in [0.1, 0.15) is 0 Å². The second kappa shape index (κ2) is 5.99. The highest BCUT2D eigenvalue weighted by Crippen LogP contribution is 2.38. The molecule has 1 aliphatic heterocycles. The lowest BCUT2D eigenvalue weighted by Crippen LogP contribution is -2.44. The van der Waals surface area contributed by atoms with E-state index in [-0.39, 0.29) is 0 Å². The lowest BCUT2D eigenvalue weighted by Gasteiger charge is -2.41. The highest BCUT2D eigenvalue weighted by Gasteiger charge is 2.34. The van der Waals surface area contributed by atoms with Gasteiger partial charge in [-0.1, -0.05) is 26.2 Å². The van der Waals surface area contributed by atoms with E-state index in [1.54, 1.807) is 0 Å². The van der Waals surface area contributed by atoms with E-state index < -0.39 is 0 Å². The largest absolute Gasteiger partial charge is 0.338 e. The fourth-order valence-corrected chi connectivity index (χ4v) is 6.05. The van der Waals surface area contributed by atoms with Gasteiger partial charge in [0.15, 0.2) is 0 Å². The first kappa shape index (κ1) is 14.7. The molecule has 2 fully saturated rings.